The van der Waals surface area contributed by atoms with Gasteiger partial charge in [0.2, 0.25) is 5.91 Å². The number of piperidine rings is 1. The minimum Gasteiger partial charge on any atom is -0.504 e. The number of carbonyl (C=O) groups excluding carboxylic acids is 1. The third-order valence-electron chi connectivity index (χ3n) is 6.73. The lowest BCUT2D eigenvalue weighted by atomic mass is 9.93. The number of imidazole rings is 1. The highest BCUT2D eigenvalue weighted by atomic mass is 32.2. The number of aromatic nitrogens is 4. The maximum atomic E-state index is 13.3. The largest absolute Gasteiger partial charge is 0.504 e. The van der Waals surface area contributed by atoms with E-state index in [9.17, 15) is 29.1 Å². The number of nitriles is 1. The van der Waals surface area contributed by atoms with Crippen molar-refractivity contribution in [2.45, 2.75) is 48.2 Å². The number of aryl methyl sites for hydroxylation is 1. The molecule has 1 aromatic carbocycles. The first-order valence-electron chi connectivity index (χ1n) is 11.4. The molecule has 188 valence electrons. The second-order valence-corrected chi connectivity index (χ2v) is 10.1. The zero-order chi connectivity index (χ0) is 25.6. The van der Waals surface area contributed by atoms with Gasteiger partial charge in [-0.2, -0.15) is 5.26 Å². The number of anilines is 1. The molecular weight excluding hydrogens is 492 g/mol. The first-order chi connectivity index (χ1) is 17.2. The van der Waals surface area contributed by atoms with Crippen LogP contribution in [-0.4, -0.2) is 59.6 Å². The lowest BCUT2D eigenvalue weighted by molar-refractivity contribution is -0.136. The normalized spacial score (nSPS) is 19.4. The van der Waals surface area contributed by atoms with Crippen LogP contribution in [0.1, 0.15) is 31.2 Å². The van der Waals surface area contributed by atoms with E-state index >= 15 is 0 Å². The van der Waals surface area contributed by atoms with Crippen LogP contribution in [0.15, 0.2) is 28.5 Å². The maximum Gasteiger partial charge on any atom is 0.260 e. The minimum absolute atomic E-state index is 0.172. The van der Waals surface area contributed by atoms with Crippen molar-refractivity contribution in [1.29, 1.82) is 5.26 Å². The van der Waals surface area contributed by atoms with Crippen LogP contribution in [0.3, 0.4) is 0 Å². The van der Waals surface area contributed by atoms with Gasteiger partial charge in [0, 0.05) is 37.0 Å². The highest BCUT2D eigenvalue weighted by Crippen LogP contribution is 2.49. The summed E-state index contributed by atoms with van der Waals surface area (Å²) < 4.78 is 28.4. The van der Waals surface area contributed by atoms with E-state index in [1.807, 2.05) is 10.6 Å². The molecule has 5 rings (SSSR count). The first kappa shape index (κ1) is 24.1. The number of nitrogens with zero attached hydrogens (tertiary/aromatic N) is 6. The van der Waals surface area contributed by atoms with Crippen LogP contribution in [0, 0.1) is 23.2 Å². The molecule has 2 fully saturated rings. The molecule has 1 amide bonds. The molecule has 10 nitrogen and oxygen atoms in total. The highest BCUT2D eigenvalue weighted by molar-refractivity contribution is 7.99. The van der Waals surface area contributed by atoms with Crippen LogP contribution in [0.2, 0.25) is 0 Å². The van der Waals surface area contributed by atoms with Crippen molar-refractivity contribution in [3.63, 3.8) is 0 Å². The van der Waals surface area contributed by atoms with Crippen molar-refractivity contribution < 1.29 is 23.8 Å². The Labute approximate surface area is 208 Å². The number of fused-ring (bicyclic) bond motifs is 1. The van der Waals surface area contributed by atoms with Crippen molar-refractivity contribution >= 4 is 34.7 Å². The van der Waals surface area contributed by atoms with Crippen molar-refractivity contribution in [3.8, 4) is 17.6 Å². The summed E-state index contributed by atoms with van der Waals surface area (Å²) in [5.74, 6) is -4.73. The van der Waals surface area contributed by atoms with Crippen molar-refractivity contribution in [2.24, 2.45) is 11.8 Å². The summed E-state index contributed by atoms with van der Waals surface area (Å²) >= 11 is 1.13. The maximum absolute atomic E-state index is 13.3. The summed E-state index contributed by atoms with van der Waals surface area (Å²) in [5, 5.41) is 29.6. The van der Waals surface area contributed by atoms with Gasteiger partial charge in [0.15, 0.2) is 33.6 Å². The number of likely N-dealkylation sites (tertiary alicyclic amines) is 1. The number of hydrogen-bond donors (Lipinski definition) is 3. The molecule has 1 saturated heterocycles. The fraction of sp³-hybridized carbons (Fsp3) is 0.435. The number of benzene rings is 1. The number of nitrogen functional groups attached to an aromatic ring is 1. The molecule has 0 spiro atoms. The Balaban J connectivity index is 1.33. The number of nitrogens with two attached hydrogens (primary N) is 1. The third-order valence-corrected chi connectivity index (χ3v) is 7.79. The summed E-state index contributed by atoms with van der Waals surface area (Å²) in [6.45, 7) is 1.42. The minimum atomic E-state index is -2.85. The molecule has 1 aliphatic heterocycles. The van der Waals surface area contributed by atoms with E-state index in [0.29, 0.717) is 53.7 Å². The first-order valence-corrected chi connectivity index (χ1v) is 12.3. The standard InChI is InChI=1S/C23H23F2N7O3S/c24-23(25)9-14(23)21(35)31-4-1-12(2-5-31)3-6-32-20-18(19(27)28-11-29-20)30-22(32)36-17-8-16(34)15(33)7-13(17)10-26/h7-8,11-12,14,33-34H,1-6,9H2,(H2,27,28,29). The fourth-order valence-corrected chi connectivity index (χ4v) is 5.50. The van der Waals surface area contributed by atoms with E-state index in [1.54, 1.807) is 4.90 Å². The van der Waals surface area contributed by atoms with Crippen molar-refractivity contribution in [1.82, 2.24) is 24.4 Å². The van der Waals surface area contributed by atoms with E-state index in [4.69, 9.17) is 5.73 Å². The van der Waals surface area contributed by atoms with Crippen LogP contribution in [-0.2, 0) is 11.3 Å². The molecule has 1 aliphatic carbocycles. The molecule has 3 aromatic rings. The van der Waals surface area contributed by atoms with Gasteiger partial charge in [-0.05, 0) is 31.2 Å². The van der Waals surface area contributed by atoms with Gasteiger partial charge in [-0.25, -0.2) is 23.7 Å². The Hall–Kier alpha value is -3.66. The second kappa shape index (κ2) is 9.09. The Morgan fingerprint density at radius 3 is 2.61 bits per heavy atom. The average molecular weight is 516 g/mol. The van der Waals surface area contributed by atoms with Crippen molar-refractivity contribution in [2.75, 3.05) is 18.8 Å². The van der Waals surface area contributed by atoms with Crippen LogP contribution in [0.25, 0.3) is 11.2 Å². The molecule has 2 aromatic heterocycles. The Morgan fingerprint density at radius 1 is 1.25 bits per heavy atom. The molecular formula is C23H23F2N7O3S. The van der Waals surface area contributed by atoms with Crippen LogP contribution >= 0.6 is 11.8 Å². The van der Waals surface area contributed by atoms with Crippen LogP contribution < -0.4 is 5.73 Å². The van der Waals surface area contributed by atoms with Gasteiger partial charge in [0.05, 0.1) is 5.56 Å². The Morgan fingerprint density at radius 2 is 1.94 bits per heavy atom. The zero-order valence-corrected chi connectivity index (χ0v) is 19.9. The SMILES string of the molecule is N#Cc1cc(O)c(O)cc1Sc1nc2c(N)ncnc2n1CCC1CCN(C(=O)C2CC2(F)F)CC1. The van der Waals surface area contributed by atoms with Gasteiger partial charge in [0.25, 0.3) is 5.92 Å². The van der Waals surface area contributed by atoms with Crippen molar-refractivity contribution in [3.05, 3.63) is 24.0 Å². The molecule has 0 radical (unpaired) electrons. The number of phenolic OH excluding ortho intramolecular Hbond substituents is 2. The average Bonchev–Trinajstić information content (AvgIpc) is 3.35. The number of rotatable bonds is 6. The highest BCUT2D eigenvalue weighted by Gasteiger charge is 2.62. The summed E-state index contributed by atoms with van der Waals surface area (Å²) in [4.78, 5) is 27.1. The predicted octanol–water partition coefficient (Wildman–Crippen LogP) is 3.13. The van der Waals surface area contributed by atoms with Crippen LogP contribution in [0.5, 0.6) is 11.5 Å². The lowest BCUT2D eigenvalue weighted by Gasteiger charge is -2.32. The number of carbonyl (C=O) groups is 1. The van der Waals surface area contributed by atoms with Gasteiger partial charge in [-0.1, -0.05) is 11.8 Å². The quantitative estimate of drug-likeness (QED) is 0.420. The summed E-state index contributed by atoms with van der Waals surface area (Å²) in [5.41, 5.74) is 7.12. The molecule has 36 heavy (non-hydrogen) atoms. The summed E-state index contributed by atoms with van der Waals surface area (Å²) in [6.07, 6.45) is 3.14. The number of hydrogen-bond acceptors (Lipinski definition) is 9. The van der Waals surface area contributed by atoms with Gasteiger partial charge in [-0.3, -0.25) is 4.79 Å². The van der Waals surface area contributed by atoms with Gasteiger partial charge in [0.1, 0.15) is 18.3 Å². The number of phenols is 2. The Bertz CT molecular complexity index is 1380. The van der Waals surface area contributed by atoms with E-state index in [2.05, 4.69) is 15.0 Å². The fourth-order valence-electron chi connectivity index (χ4n) is 4.50. The van der Waals surface area contributed by atoms with Gasteiger partial charge in [-0.15, -0.1) is 0 Å². The van der Waals surface area contributed by atoms with E-state index < -0.39 is 23.5 Å². The summed E-state index contributed by atoms with van der Waals surface area (Å²) in [7, 11) is 0. The van der Waals surface area contributed by atoms with Crippen LogP contribution in [0.4, 0.5) is 14.6 Å². The predicted molar refractivity (Wildman–Crippen MR) is 125 cm³/mol. The molecule has 1 atom stereocenters. The van der Waals surface area contributed by atoms with Gasteiger partial charge < -0.3 is 25.4 Å². The topological polar surface area (TPSA) is 154 Å². The number of aromatic hydroxyl groups is 2. The van der Waals surface area contributed by atoms with E-state index in [1.165, 1.54) is 18.5 Å². The molecule has 13 heteroatoms. The Kier molecular flexibility index (Phi) is 6.07. The second-order valence-electron chi connectivity index (χ2n) is 9.10. The van der Waals surface area contributed by atoms with Gasteiger partial charge >= 0.3 is 0 Å². The lowest BCUT2D eigenvalue weighted by Crippen LogP contribution is -2.40. The molecule has 2 aliphatic rings. The van der Waals surface area contributed by atoms with E-state index in [0.717, 1.165) is 18.2 Å². The third kappa shape index (κ3) is 4.48. The molecule has 0 bridgehead atoms. The smallest absolute Gasteiger partial charge is 0.260 e. The number of halogens is 2. The molecule has 1 saturated carbocycles. The number of alkyl halides is 2. The molecule has 3 heterocycles. The van der Waals surface area contributed by atoms with E-state index in [-0.39, 0.29) is 29.5 Å². The number of amides is 1. The molecule has 1 unspecified atom stereocenters. The zero-order valence-electron chi connectivity index (χ0n) is 19.1. The monoisotopic (exact) mass is 515 g/mol. The molecule has 4 N–H and O–H groups in total. The summed E-state index contributed by atoms with van der Waals surface area (Å²) in [6, 6.07) is 4.49.